The van der Waals surface area contributed by atoms with Crippen LogP contribution in [0.1, 0.15) is 12.0 Å². The fourth-order valence-electron chi connectivity index (χ4n) is 2.99. The zero-order valence-electron chi connectivity index (χ0n) is 14.9. The first-order valence-electron chi connectivity index (χ1n) is 8.92. The molecular weight excluding hydrogens is 350 g/mol. The number of nitrogens with zero attached hydrogens (tertiary/aromatic N) is 3. The van der Waals surface area contributed by atoms with E-state index < -0.39 is 11.6 Å². The highest BCUT2D eigenvalue weighted by atomic mass is 19.1. The number of para-hydroxylation sites is 1. The van der Waals surface area contributed by atoms with Crippen molar-refractivity contribution in [2.45, 2.75) is 6.42 Å². The van der Waals surface area contributed by atoms with Gasteiger partial charge in [0, 0.05) is 44.8 Å². The van der Waals surface area contributed by atoms with Gasteiger partial charge >= 0.3 is 0 Å². The van der Waals surface area contributed by atoms with Gasteiger partial charge in [-0.1, -0.05) is 24.3 Å². The number of hydrogen-bond donors (Lipinski definition) is 1. The molecule has 1 saturated heterocycles. The van der Waals surface area contributed by atoms with Crippen LogP contribution in [0.2, 0.25) is 0 Å². The molecule has 1 aliphatic rings. The number of carbonyl (C=O) groups is 1. The Labute approximate surface area is 157 Å². The van der Waals surface area contributed by atoms with Crippen LogP contribution in [0.5, 0.6) is 0 Å². The lowest BCUT2D eigenvalue weighted by atomic mass is 10.2. The maximum absolute atomic E-state index is 13.5. The number of piperazine rings is 1. The lowest BCUT2D eigenvalue weighted by Gasteiger charge is -2.36. The maximum Gasteiger partial charge on any atom is 0.241 e. The molecule has 7 heteroatoms. The van der Waals surface area contributed by atoms with Gasteiger partial charge < -0.3 is 4.90 Å². The molecule has 1 amide bonds. The molecule has 0 spiro atoms. The average molecular weight is 372 g/mol. The zero-order chi connectivity index (χ0) is 19.1. The van der Waals surface area contributed by atoms with E-state index in [2.05, 4.69) is 32.5 Å². The highest BCUT2D eigenvalue weighted by Gasteiger charge is 2.17. The molecule has 1 aliphatic heterocycles. The number of rotatable bonds is 6. The quantitative estimate of drug-likeness (QED) is 0.626. The number of halogens is 2. The molecule has 0 bridgehead atoms. The van der Waals surface area contributed by atoms with Gasteiger partial charge in [-0.2, -0.15) is 5.10 Å². The minimum atomic E-state index is -0.718. The molecule has 0 aliphatic carbocycles. The molecule has 1 fully saturated rings. The summed E-state index contributed by atoms with van der Waals surface area (Å²) in [6.45, 7) is 4.21. The first kappa shape index (κ1) is 19.0. The summed E-state index contributed by atoms with van der Waals surface area (Å²) < 4.78 is 26.9. The van der Waals surface area contributed by atoms with Crippen molar-refractivity contribution in [3.63, 3.8) is 0 Å². The van der Waals surface area contributed by atoms with Crippen LogP contribution in [-0.2, 0) is 4.79 Å². The second-order valence-corrected chi connectivity index (χ2v) is 6.34. The summed E-state index contributed by atoms with van der Waals surface area (Å²) in [5.74, 6) is -1.72. The van der Waals surface area contributed by atoms with E-state index in [9.17, 15) is 13.6 Å². The van der Waals surface area contributed by atoms with Gasteiger partial charge in [-0.25, -0.2) is 14.2 Å². The van der Waals surface area contributed by atoms with Gasteiger partial charge in [-0.3, -0.25) is 9.69 Å². The predicted octanol–water partition coefficient (Wildman–Crippen LogP) is 2.63. The minimum absolute atomic E-state index is 0.269. The summed E-state index contributed by atoms with van der Waals surface area (Å²) in [6, 6.07) is 13.8. The van der Waals surface area contributed by atoms with Crippen LogP contribution < -0.4 is 10.3 Å². The van der Waals surface area contributed by atoms with Gasteiger partial charge in [0.25, 0.3) is 0 Å². The Kier molecular flexibility index (Phi) is 6.49. The minimum Gasteiger partial charge on any atom is -0.369 e. The van der Waals surface area contributed by atoms with E-state index in [4.69, 9.17) is 0 Å². The van der Waals surface area contributed by atoms with Crippen LogP contribution in [0.15, 0.2) is 53.6 Å². The summed E-state index contributed by atoms with van der Waals surface area (Å²) in [5, 5.41) is 3.65. The van der Waals surface area contributed by atoms with Crippen molar-refractivity contribution < 1.29 is 13.6 Å². The first-order chi connectivity index (χ1) is 13.1. The van der Waals surface area contributed by atoms with E-state index in [0.717, 1.165) is 44.5 Å². The zero-order valence-corrected chi connectivity index (χ0v) is 14.9. The molecule has 0 unspecified atom stereocenters. The molecule has 27 heavy (non-hydrogen) atoms. The van der Waals surface area contributed by atoms with Crippen molar-refractivity contribution in [1.82, 2.24) is 10.3 Å². The van der Waals surface area contributed by atoms with Gasteiger partial charge in [0.2, 0.25) is 5.91 Å². The summed E-state index contributed by atoms with van der Waals surface area (Å²) >= 11 is 0. The molecule has 0 atom stereocenters. The van der Waals surface area contributed by atoms with Crippen LogP contribution in [0.4, 0.5) is 14.5 Å². The molecule has 0 aromatic heterocycles. The second-order valence-electron chi connectivity index (χ2n) is 6.34. The normalized spacial score (nSPS) is 15.3. The van der Waals surface area contributed by atoms with Gasteiger partial charge in [-0.05, 0) is 24.3 Å². The molecule has 2 aromatic rings. The number of hydrazone groups is 1. The maximum atomic E-state index is 13.5. The largest absolute Gasteiger partial charge is 0.369 e. The molecule has 0 radical (unpaired) electrons. The van der Waals surface area contributed by atoms with E-state index in [0.29, 0.717) is 6.54 Å². The Hall–Kier alpha value is -2.80. The summed E-state index contributed by atoms with van der Waals surface area (Å²) in [6.07, 6.45) is 1.27. The van der Waals surface area contributed by atoms with Gasteiger partial charge in [0.1, 0.15) is 11.6 Å². The average Bonchev–Trinajstić information content (AvgIpc) is 2.70. The smallest absolute Gasteiger partial charge is 0.241 e. The number of benzene rings is 2. The summed E-state index contributed by atoms with van der Waals surface area (Å²) in [5.41, 5.74) is 3.26. The van der Waals surface area contributed by atoms with Crippen molar-refractivity contribution in [3.8, 4) is 0 Å². The second kappa shape index (κ2) is 9.23. The fourth-order valence-corrected chi connectivity index (χ4v) is 2.99. The third kappa shape index (κ3) is 5.34. The Morgan fingerprint density at radius 3 is 2.33 bits per heavy atom. The molecular formula is C20H22F2N4O. The van der Waals surface area contributed by atoms with Crippen molar-refractivity contribution in [2.24, 2.45) is 5.10 Å². The molecule has 1 N–H and O–H groups in total. The highest BCUT2D eigenvalue weighted by molar-refractivity contribution is 5.82. The Morgan fingerprint density at radius 2 is 1.67 bits per heavy atom. The molecule has 142 valence electrons. The lowest BCUT2D eigenvalue weighted by molar-refractivity contribution is -0.121. The van der Waals surface area contributed by atoms with Crippen LogP contribution in [-0.4, -0.2) is 49.7 Å². The van der Waals surface area contributed by atoms with E-state index in [1.807, 2.05) is 18.2 Å². The van der Waals surface area contributed by atoms with Crippen LogP contribution in [0.3, 0.4) is 0 Å². The number of anilines is 1. The number of nitrogens with one attached hydrogen (secondary N) is 1. The van der Waals surface area contributed by atoms with Crippen molar-refractivity contribution >= 4 is 17.8 Å². The van der Waals surface area contributed by atoms with Gasteiger partial charge in [0.05, 0.1) is 11.8 Å². The summed E-state index contributed by atoms with van der Waals surface area (Å²) in [7, 11) is 0. The molecule has 3 rings (SSSR count). The molecule has 0 saturated carbocycles. The van der Waals surface area contributed by atoms with Crippen molar-refractivity contribution in [1.29, 1.82) is 0 Å². The molecule has 1 heterocycles. The Morgan fingerprint density at radius 1 is 1.00 bits per heavy atom. The van der Waals surface area contributed by atoms with Crippen LogP contribution in [0.25, 0.3) is 0 Å². The predicted molar refractivity (Wildman–Crippen MR) is 102 cm³/mol. The van der Waals surface area contributed by atoms with Crippen molar-refractivity contribution in [3.05, 3.63) is 65.7 Å². The third-order valence-corrected chi connectivity index (χ3v) is 4.53. The fraction of sp³-hybridized carbons (Fsp3) is 0.300. The van der Waals surface area contributed by atoms with Gasteiger partial charge in [0.15, 0.2) is 0 Å². The third-order valence-electron chi connectivity index (χ3n) is 4.53. The van der Waals surface area contributed by atoms with Crippen LogP contribution in [0, 0.1) is 11.6 Å². The SMILES string of the molecule is O=C(CCN1CCN(c2ccccc2)CC1)N/N=C\c1c(F)cccc1F. The topological polar surface area (TPSA) is 47.9 Å². The highest BCUT2D eigenvalue weighted by Crippen LogP contribution is 2.15. The van der Waals surface area contributed by atoms with Crippen LogP contribution >= 0.6 is 0 Å². The van der Waals surface area contributed by atoms with E-state index >= 15 is 0 Å². The number of carbonyl (C=O) groups excluding carboxylic acids is 1. The standard InChI is InChI=1S/C20H22F2N4O/c21-18-7-4-8-19(22)17(18)15-23-24-20(27)9-10-25-11-13-26(14-12-25)16-5-2-1-3-6-16/h1-8,15H,9-14H2,(H,24,27)/b23-15-. The monoisotopic (exact) mass is 372 g/mol. The Bertz CT molecular complexity index is 770. The molecule has 2 aromatic carbocycles. The first-order valence-corrected chi connectivity index (χ1v) is 8.92. The van der Waals surface area contributed by atoms with E-state index in [-0.39, 0.29) is 17.9 Å². The van der Waals surface area contributed by atoms with Gasteiger partial charge in [-0.15, -0.1) is 0 Å². The Balaban J connectivity index is 1.39. The molecule has 5 nitrogen and oxygen atoms in total. The van der Waals surface area contributed by atoms with Crippen molar-refractivity contribution in [2.75, 3.05) is 37.6 Å². The number of hydrogen-bond acceptors (Lipinski definition) is 4. The lowest BCUT2D eigenvalue weighted by Crippen LogP contribution is -2.47. The van der Waals surface area contributed by atoms with E-state index in [1.165, 1.54) is 11.8 Å². The van der Waals surface area contributed by atoms with E-state index in [1.54, 1.807) is 0 Å². The number of amides is 1. The summed E-state index contributed by atoms with van der Waals surface area (Å²) in [4.78, 5) is 16.4.